The summed E-state index contributed by atoms with van der Waals surface area (Å²) in [5.41, 5.74) is 1.16. The minimum atomic E-state index is 1.10. The van der Waals surface area contributed by atoms with Crippen LogP contribution in [0.2, 0.25) is 0 Å². The maximum absolute atomic E-state index is 5.61. The molecule has 0 aliphatic carbocycles. The largest absolute Gasteiger partial charge is 0.0702 e. The molecule has 1 radical (unpaired) electrons. The first-order chi connectivity index (χ1) is 3.81. The van der Waals surface area contributed by atoms with Crippen LogP contribution in [0.1, 0.15) is 39.5 Å². The lowest BCUT2D eigenvalue weighted by atomic mass is 10.1. The summed E-state index contributed by atoms with van der Waals surface area (Å²) in [5, 5.41) is 0. The van der Waals surface area contributed by atoms with Gasteiger partial charge in [0.25, 0.3) is 0 Å². The molecule has 0 atom stereocenters. The van der Waals surface area contributed by atoms with Crippen molar-refractivity contribution in [3.63, 3.8) is 0 Å². The van der Waals surface area contributed by atoms with Gasteiger partial charge >= 0.3 is 0 Å². The molecule has 0 rings (SSSR count). The summed E-state index contributed by atoms with van der Waals surface area (Å²) in [5.74, 6) is 0. The molecule has 0 aliphatic rings. The molecule has 0 heteroatoms. The molecule has 0 heterocycles. The average molecular weight is 111 g/mol. The molecule has 47 valence electrons. The van der Waals surface area contributed by atoms with Gasteiger partial charge in [0.2, 0.25) is 0 Å². The summed E-state index contributed by atoms with van der Waals surface area (Å²) in [6, 6.07) is 0. The van der Waals surface area contributed by atoms with E-state index in [1.807, 2.05) is 0 Å². The Labute approximate surface area is 52.6 Å². The zero-order valence-corrected chi connectivity index (χ0v) is 5.91. The summed E-state index contributed by atoms with van der Waals surface area (Å²) < 4.78 is 0. The van der Waals surface area contributed by atoms with Gasteiger partial charge in [0.05, 0.1) is 0 Å². The van der Waals surface area contributed by atoms with Crippen molar-refractivity contribution in [1.82, 2.24) is 0 Å². The highest BCUT2D eigenvalue weighted by molar-refractivity contribution is 4.89. The zero-order chi connectivity index (χ0) is 6.41. The Bertz CT molecular complexity index is 54.4. The van der Waals surface area contributed by atoms with Crippen LogP contribution in [0, 0.1) is 6.58 Å². The first-order valence-corrected chi connectivity index (χ1v) is 3.41. The van der Waals surface area contributed by atoms with Gasteiger partial charge in [0.15, 0.2) is 0 Å². The Morgan fingerprint density at radius 2 is 1.50 bits per heavy atom. The van der Waals surface area contributed by atoms with Gasteiger partial charge in [-0.15, -0.1) is 0 Å². The van der Waals surface area contributed by atoms with Crippen LogP contribution in [0.4, 0.5) is 0 Å². The molecular formula is C8H15. The molecule has 0 fully saturated rings. The lowest BCUT2D eigenvalue weighted by Crippen LogP contribution is -1.77. The van der Waals surface area contributed by atoms with E-state index in [4.69, 9.17) is 6.58 Å². The molecule has 0 nitrogen and oxygen atoms in total. The van der Waals surface area contributed by atoms with Crippen LogP contribution in [0.25, 0.3) is 0 Å². The van der Waals surface area contributed by atoms with E-state index in [1.165, 1.54) is 12.8 Å². The predicted octanol–water partition coefficient (Wildman–Crippen LogP) is 2.95. The molecule has 0 aromatic heterocycles. The second-order valence-electron chi connectivity index (χ2n) is 2.16. The fraction of sp³-hybridized carbons (Fsp3) is 0.750. The molecule has 8 heavy (non-hydrogen) atoms. The molecule has 0 saturated carbocycles. The van der Waals surface area contributed by atoms with E-state index in [0.29, 0.717) is 0 Å². The molecule has 0 aromatic rings. The van der Waals surface area contributed by atoms with E-state index in [1.54, 1.807) is 0 Å². The molecule has 0 aromatic carbocycles. The van der Waals surface area contributed by atoms with Crippen LogP contribution in [-0.4, -0.2) is 0 Å². The topological polar surface area (TPSA) is 0 Å². The van der Waals surface area contributed by atoms with Crippen LogP contribution in [0.5, 0.6) is 0 Å². The standard InChI is InChI=1S/C8H15/c1-4-6-8(3)7-5-2/h3H,4-7H2,1-2H3. The van der Waals surface area contributed by atoms with Crippen molar-refractivity contribution >= 4 is 0 Å². The SMILES string of the molecule is [CH]=C(CCC)CCC. The van der Waals surface area contributed by atoms with Crippen molar-refractivity contribution in [1.29, 1.82) is 0 Å². The maximum atomic E-state index is 5.61. The second-order valence-corrected chi connectivity index (χ2v) is 2.16. The average Bonchev–Trinajstić information content (AvgIpc) is 1.68. The first-order valence-electron chi connectivity index (χ1n) is 3.41. The minimum absolute atomic E-state index is 1.10. The van der Waals surface area contributed by atoms with E-state index in [-0.39, 0.29) is 0 Å². The molecule has 0 spiro atoms. The van der Waals surface area contributed by atoms with Gasteiger partial charge < -0.3 is 0 Å². The van der Waals surface area contributed by atoms with Crippen molar-refractivity contribution < 1.29 is 0 Å². The highest BCUT2D eigenvalue weighted by atomic mass is 13.9. The quantitative estimate of drug-likeness (QED) is 0.523. The Morgan fingerprint density at radius 1 is 1.12 bits per heavy atom. The van der Waals surface area contributed by atoms with Crippen LogP contribution >= 0.6 is 0 Å². The lowest BCUT2D eigenvalue weighted by Gasteiger charge is -1.97. The van der Waals surface area contributed by atoms with Crippen molar-refractivity contribution in [3.8, 4) is 0 Å². The van der Waals surface area contributed by atoms with Gasteiger partial charge in [0.1, 0.15) is 0 Å². The molecule has 0 bridgehead atoms. The molecular weight excluding hydrogens is 96.1 g/mol. The van der Waals surface area contributed by atoms with Gasteiger partial charge in [0, 0.05) is 0 Å². The summed E-state index contributed by atoms with van der Waals surface area (Å²) >= 11 is 0. The maximum Gasteiger partial charge on any atom is -0.0320 e. The van der Waals surface area contributed by atoms with Crippen molar-refractivity contribution in [2.45, 2.75) is 39.5 Å². The Morgan fingerprint density at radius 3 is 1.75 bits per heavy atom. The smallest absolute Gasteiger partial charge is 0.0320 e. The van der Waals surface area contributed by atoms with Crippen molar-refractivity contribution in [2.24, 2.45) is 0 Å². The number of rotatable bonds is 4. The van der Waals surface area contributed by atoms with E-state index < -0.39 is 0 Å². The summed E-state index contributed by atoms with van der Waals surface area (Å²) in [6.07, 6.45) is 4.58. The fourth-order valence-electron chi connectivity index (χ4n) is 0.767. The highest BCUT2D eigenvalue weighted by Crippen LogP contribution is 2.07. The summed E-state index contributed by atoms with van der Waals surface area (Å²) in [6.45, 7) is 9.92. The zero-order valence-electron chi connectivity index (χ0n) is 5.91. The summed E-state index contributed by atoms with van der Waals surface area (Å²) in [4.78, 5) is 0. The molecule has 0 amide bonds. The monoisotopic (exact) mass is 111 g/mol. The molecule has 0 saturated heterocycles. The molecule has 0 aliphatic heterocycles. The fourth-order valence-corrected chi connectivity index (χ4v) is 0.767. The molecule has 0 N–H and O–H groups in total. The first kappa shape index (κ1) is 7.74. The van der Waals surface area contributed by atoms with Gasteiger partial charge in [-0.3, -0.25) is 0 Å². The second kappa shape index (κ2) is 4.89. The normalized spacial score (nSPS) is 9.25. The van der Waals surface area contributed by atoms with Gasteiger partial charge in [-0.05, 0) is 12.8 Å². The third-order valence-electron chi connectivity index (χ3n) is 1.14. The highest BCUT2D eigenvalue weighted by Gasteiger charge is 1.87. The van der Waals surface area contributed by atoms with E-state index in [0.717, 1.165) is 18.4 Å². The van der Waals surface area contributed by atoms with Crippen LogP contribution < -0.4 is 0 Å². The van der Waals surface area contributed by atoms with Crippen molar-refractivity contribution in [2.75, 3.05) is 0 Å². The van der Waals surface area contributed by atoms with E-state index in [9.17, 15) is 0 Å². The van der Waals surface area contributed by atoms with E-state index >= 15 is 0 Å². The predicted molar refractivity (Wildman–Crippen MR) is 37.6 cm³/mol. The Balaban J connectivity index is 3.06. The summed E-state index contributed by atoms with van der Waals surface area (Å²) in [7, 11) is 0. The number of hydrogen-bond donors (Lipinski definition) is 0. The van der Waals surface area contributed by atoms with Crippen LogP contribution in [-0.2, 0) is 0 Å². The van der Waals surface area contributed by atoms with Crippen LogP contribution in [0.3, 0.4) is 0 Å². The lowest BCUT2D eigenvalue weighted by molar-refractivity contribution is 0.805. The van der Waals surface area contributed by atoms with Gasteiger partial charge in [-0.25, -0.2) is 0 Å². The Kier molecular flexibility index (Phi) is 4.73. The van der Waals surface area contributed by atoms with Gasteiger partial charge in [-0.1, -0.05) is 38.8 Å². The van der Waals surface area contributed by atoms with E-state index in [2.05, 4.69) is 13.8 Å². The number of allylic oxidation sites excluding steroid dienone is 1. The van der Waals surface area contributed by atoms with Gasteiger partial charge in [-0.2, -0.15) is 0 Å². The number of hydrogen-bond acceptors (Lipinski definition) is 0. The van der Waals surface area contributed by atoms with Crippen molar-refractivity contribution in [3.05, 3.63) is 12.2 Å². The Hall–Kier alpha value is -0.260. The molecule has 0 unspecified atom stereocenters. The van der Waals surface area contributed by atoms with Crippen LogP contribution in [0.15, 0.2) is 5.57 Å². The third-order valence-corrected chi connectivity index (χ3v) is 1.14. The third kappa shape index (κ3) is 3.91. The minimum Gasteiger partial charge on any atom is -0.0702 e.